The van der Waals surface area contributed by atoms with Gasteiger partial charge < -0.3 is 26.9 Å². The third-order valence-corrected chi connectivity index (χ3v) is 1.71. The quantitative estimate of drug-likeness (QED) is 0.577. The van der Waals surface area contributed by atoms with Gasteiger partial charge in [-0.05, 0) is 24.1 Å². The van der Waals surface area contributed by atoms with E-state index in [1.165, 1.54) is 12.1 Å². The van der Waals surface area contributed by atoms with Crippen LogP contribution < -0.4 is 5.73 Å². The molecule has 0 heterocycles. The number of phenolic OH excluding ortho intramolecular Hbond substituents is 1. The molecule has 86 valence electrons. The van der Waals surface area contributed by atoms with E-state index in [0.29, 0.717) is 0 Å². The summed E-state index contributed by atoms with van der Waals surface area (Å²) in [6.07, 6.45) is 0.273. The summed E-state index contributed by atoms with van der Waals surface area (Å²) >= 11 is 0. The number of carboxylic acid groups (broad SMARTS) is 1. The smallest absolute Gasteiger partial charge is 0.320 e. The van der Waals surface area contributed by atoms with Gasteiger partial charge in [0, 0.05) is 0 Å². The molecule has 0 bridgehead atoms. The highest BCUT2D eigenvalue weighted by atomic mass is 16.4. The molecule has 0 aliphatic rings. The fraction of sp³-hybridized carbons (Fsp3) is 0.222. The van der Waals surface area contributed by atoms with Gasteiger partial charge in [-0.25, -0.2) is 0 Å². The number of aliphatic carboxylic acids is 1. The molecule has 0 unspecified atom stereocenters. The molecule has 1 rings (SSSR count). The molecule has 8 N–H and O–H groups in total. The van der Waals surface area contributed by atoms with Gasteiger partial charge in [-0.3, -0.25) is 4.79 Å². The molecule has 6 heteroatoms. The number of benzene rings is 1. The van der Waals surface area contributed by atoms with Gasteiger partial charge in [0.15, 0.2) is 0 Å². The SMILES string of the molecule is N[C@@H](Cc1ccc(O)cc1)C(=O)O.O.O. The van der Waals surface area contributed by atoms with Gasteiger partial charge in [0.1, 0.15) is 11.8 Å². The van der Waals surface area contributed by atoms with Crippen LogP contribution in [-0.4, -0.2) is 33.2 Å². The molecule has 0 radical (unpaired) electrons. The fourth-order valence-corrected chi connectivity index (χ4v) is 0.973. The van der Waals surface area contributed by atoms with Crippen LogP contribution in [0.2, 0.25) is 0 Å². The van der Waals surface area contributed by atoms with Crippen LogP contribution in [0.4, 0.5) is 0 Å². The molecule has 0 amide bonds. The van der Waals surface area contributed by atoms with Gasteiger partial charge in [0.2, 0.25) is 0 Å². The first-order chi connectivity index (χ1) is 6.09. The Morgan fingerprint density at radius 1 is 1.27 bits per heavy atom. The molecule has 1 aromatic carbocycles. The van der Waals surface area contributed by atoms with Crippen molar-refractivity contribution in [2.75, 3.05) is 0 Å². The van der Waals surface area contributed by atoms with Crippen molar-refractivity contribution in [2.24, 2.45) is 5.73 Å². The minimum absolute atomic E-state index is 0. The van der Waals surface area contributed by atoms with Crippen molar-refractivity contribution in [1.29, 1.82) is 0 Å². The van der Waals surface area contributed by atoms with Crippen molar-refractivity contribution in [3.63, 3.8) is 0 Å². The van der Waals surface area contributed by atoms with Crippen LogP contribution in [-0.2, 0) is 11.2 Å². The molecule has 0 aliphatic heterocycles. The first-order valence-corrected chi connectivity index (χ1v) is 3.86. The second-order valence-corrected chi connectivity index (χ2v) is 2.82. The molecule has 0 fully saturated rings. The van der Waals surface area contributed by atoms with Crippen molar-refractivity contribution in [1.82, 2.24) is 0 Å². The molecule has 1 aromatic rings. The van der Waals surface area contributed by atoms with E-state index in [-0.39, 0.29) is 23.1 Å². The highest BCUT2D eigenvalue weighted by molar-refractivity contribution is 5.73. The first kappa shape index (κ1) is 15.8. The number of hydrogen-bond acceptors (Lipinski definition) is 3. The molecule has 6 nitrogen and oxygen atoms in total. The Morgan fingerprint density at radius 2 is 1.73 bits per heavy atom. The van der Waals surface area contributed by atoms with Gasteiger partial charge >= 0.3 is 5.97 Å². The Labute approximate surface area is 86.6 Å². The Morgan fingerprint density at radius 3 is 2.13 bits per heavy atom. The largest absolute Gasteiger partial charge is 0.508 e. The molecular formula is C9H15NO5. The van der Waals surface area contributed by atoms with Crippen LogP contribution in [0.5, 0.6) is 5.75 Å². The number of nitrogens with two attached hydrogens (primary N) is 1. The van der Waals surface area contributed by atoms with Crippen molar-refractivity contribution in [2.45, 2.75) is 12.5 Å². The molecule has 0 aliphatic carbocycles. The predicted molar refractivity (Wildman–Crippen MR) is 54.6 cm³/mol. The van der Waals surface area contributed by atoms with Crippen LogP contribution in [0.15, 0.2) is 24.3 Å². The van der Waals surface area contributed by atoms with Crippen LogP contribution in [0, 0.1) is 0 Å². The van der Waals surface area contributed by atoms with Crippen molar-refractivity contribution >= 4 is 5.97 Å². The normalized spacial score (nSPS) is 10.7. The maximum Gasteiger partial charge on any atom is 0.320 e. The average Bonchev–Trinajstić information content (AvgIpc) is 2.08. The second kappa shape index (κ2) is 6.77. The van der Waals surface area contributed by atoms with Gasteiger partial charge in [0.25, 0.3) is 0 Å². The lowest BCUT2D eigenvalue weighted by atomic mass is 10.1. The van der Waals surface area contributed by atoms with E-state index in [2.05, 4.69) is 0 Å². The summed E-state index contributed by atoms with van der Waals surface area (Å²) in [7, 11) is 0. The average molecular weight is 217 g/mol. The minimum Gasteiger partial charge on any atom is -0.508 e. The van der Waals surface area contributed by atoms with Gasteiger partial charge in [-0.1, -0.05) is 12.1 Å². The lowest BCUT2D eigenvalue weighted by molar-refractivity contribution is -0.138. The Kier molecular flexibility index (Phi) is 7.14. The van der Waals surface area contributed by atoms with Crippen LogP contribution >= 0.6 is 0 Å². The summed E-state index contributed by atoms with van der Waals surface area (Å²) in [4.78, 5) is 10.4. The maximum atomic E-state index is 10.4. The molecule has 0 saturated heterocycles. The van der Waals surface area contributed by atoms with Crippen LogP contribution in [0.3, 0.4) is 0 Å². The van der Waals surface area contributed by atoms with E-state index >= 15 is 0 Å². The fourth-order valence-electron chi connectivity index (χ4n) is 0.973. The highest BCUT2D eigenvalue weighted by Gasteiger charge is 2.11. The predicted octanol–water partition coefficient (Wildman–Crippen LogP) is -1.30. The molecule has 0 aromatic heterocycles. The summed E-state index contributed by atoms with van der Waals surface area (Å²) in [5.74, 6) is -0.860. The number of hydrogen-bond donors (Lipinski definition) is 3. The topological polar surface area (TPSA) is 147 Å². The van der Waals surface area contributed by atoms with Crippen LogP contribution in [0.1, 0.15) is 5.56 Å². The minimum atomic E-state index is -1.02. The number of carboxylic acids is 1. The summed E-state index contributed by atoms with van der Waals surface area (Å²) in [5.41, 5.74) is 6.12. The Bertz CT molecular complexity index is 298. The van der Waals surface area contributed by atoms with Crippen molar-refractivity contribution < 1.29 is 26.0 Å². The third-order valence-electron chi connectivity index (χ3n) is 1.71. The summed E-state index contributed by atoms with van der Waals surface area (Å²) in [6, 6.07) is 5.42. The summed E-state index contributed by atoms with van der Waals surface area (Å²) in [5, 5.41) is 17.5. The van der Waals surface area contributed by atoms with Crippen LogP contribution in [0.25, 0.3) is 0 Å². The third kappa shape index (κ3) is 4.96. The maximum absolute atomic E-state index is 10.4. The van der Waals surface area contributed by atoms with E-state index in [9.17, 15) is 4.79 Å². The number of carbonyl (C=O) groups is 1. The van der Waals surface area contributed by atoms with Gasteiger partial charge in [0.05, 0.1) is 0 Å². The summed E-state index contributed by atoms with van der Waals surface area (Å²) in [6.45, 7) is 0. The monoisotopic (exact) mass is 217 g/mol. The molecular weight excluding hydrogens is 202 g/mol. The number of rotatable bonds is 3. The zero-order chi connectivity index (χ0) is 9.84. The number of phenols is 1. The lowest BCUT2D eigenvalue weighted by Gasteiger charge is -2.05. The molecule has 15 heavy (non-hydrogen) atoms. The van der Waals surface area contributed by atoms with Crippen molar-refractivity contribution in [3.8, 4) is 5.75 Å². The second-order valence-electron chi connectivity index (χ2n) is 2.82. The van der Waals surface area contributed by atoms with Gasteiger partial charge in [-0.2, -0.15) is 0 Å². The summed E-state index contributed by atoms with van der Waals surface area (Å²) < 4.78 is 0. The zero-order valence-electron chi connectivity index (χ0n) is 7.97. The molecule has 0 saturated carbocycles. The van der Waals surface area contributed by atoms with E-state index in [4.69, 9.17) is 15.9 Å². The Hall–Kier alpha value is -1.63. The van der Waals surface area contributed by atoms with E-state index in [1.807, 2.05) is 0 Å². The zero-order valence-corrected chi connectivity index (χ0v) is 7.97. The van der Waals surface area contributed by atoms with E-state index in [1.54, 1.807) is 12.1 Å². The van der Waals surface area contributed by atoms with E-state index in [0.717, 1.165) is 5.56 Å². The van der Waals surface area contributed by atoms with Gasteiger partial charge in [-0.15, -0.1) is 0 Å². The molecule has 1 atom stereocenters. The standard InChI is InChI=1S/C9H11NO3.2H2O/c10-8(9(12)13)5-6-1-3-7(11)4-2-6;;/h1-4,8,11H,5,10H2,(H,12,13);2*1H2/t8-;;/m0../s1. The molecule has 0 spiro atoms. The van der Waals surface area contributed by atoms with E-state index < -0.39 is 12.0 Å². The lowest BCUT2D eigenvalue weighted by Crippen LogP contribution is -2.32. The highest BCUT2D eigenvalue weighted by Crippen LogP contribution is 2.10. The number of aromatic hydroxyl groups is 1. The first-order valence-electron chi connectivity index (χ1n) is 3.86. The van der Waals surface area contributed by atoms with Crippen molar-refractivity contribution in [3.05, 3.63) is 29.8 Å². The Balaban J connectivity index is 0.